The van der Waals surface area contributed by atoms with Crippen LogP contribution in [0.1, 0.15) is 44.9 Å². The lowest BCUT2D eigenvalue weighted by atomic mass is 10.0. The molecule has 1 aromatic heterocycles. The average Bonchev–Trinajstić information content (AvgIpc) is 3.30. The lowest BCUT2D eigenvalue weighted by molar-refractivity contribution is -0.147. The van der Waals surface area contributed by atoms with Gasteiger partial charge in [-0.05, 0) is 55.3 Å². The van der Waals surface area contributed by atoms with E-state index >= 15 is 0 Å². The summed E-state index contributed by atoms with van der Waals surface area (Å²) in [5.74, 6) is 0.123. The maximum absolute atomic E-state index is 13.1. The Labute approximate surface area is 217 Å². The van der Waals surface area contributed by atoms with Crippen molar-refractivity contribution in [2.24, 2.45) is 5.92 Å². The van der Waals surface area contributed by atoms with E-state index in [0.717, 1.165) is 52.7 Å². The van der Waals surface area contributed by atoms with Crippen molar-refractivity contribution in [3.63, 3.8) is 0 Å². The van der Waals surface area contributed by atoms with E-state index in [4.69, 9.17) is 9.84 Å². The van der Waals surface area contributed by atoms with Crippen LogP contribution in [0.5, 0.6) is 0 Å². The van der Waals surface area contributed by atoms with E-state index in [9.17, 15) is 9.59 Å². The molecule has 2 N–H and O–H groups in total. The van der Waals surface area contributed by atoms with Crippen molar-refractivity contribution in [1.82, 2.24) is 9.78 Å². The lowest BCUT2D eigenvalue weighted by Gasteiger charge is -2.13. The number of nitrogens with zero attached hydrogens (tertiary/aromatic N) is 2. The maximum Gasteiger partial charge on any atom is 0.324 e. The van der Waals surface area contributed by atoms with Gasteiger partial charge in [0, 0.05) is 11.5 Å². The van der Waals surface area contributed by atoms with Crippen molar-refractivity contribution in [2.75, 3.05) is 17.2 Å². The smallest absolute Gasteiger partial charge is 0.324 e. The molecule has 0 aliphatic rings. The van der Waals surface area contributed by atoms with Gasteiger partial charge in [0.05, 0.1) is 29.6 Å². The van der Waals surface area contributed by atoms with Gasteiger partial charge in [0.2, 0.25) is 0 Å². The molecule has 1 unspecified atom stereocenters. The summed E-state index contributed by atoms with van der Waals surface area (Å²) in [4.78, 5) is 25.2. The van der Waals surface area contributed by atoms with Crippen LogP contribution in [0.4, 0.5) is 16.3 Å². The van der Waals surface area contributed by atoms with Gasteiger partial charge in [0.15, 0.2) is 0 Å². The number of rotatable bonds is 10. The Morgan fingerprint density at radius 3 is 2.57 bits per heavy atom. The van der Waals surface area contributed by atoms with E-state index in [1.165, 1.54) is 0 Å². The number of benzene rings is 3. The van der Waals surface area contributed by atoms with E-state index in [1.807, 2.05) is 86.6 Å². The van der Waals surface area contributed by atoms with Crippen LogP contribution in [-0.4, -0.2) is 28.4 Å². The Bertz CT molecular complexity index is 1370. The number of amides is 2. The molecule has 192 valence electrons. The van der Waals surface area contributed by atoms with Crippen LogP contribution in [0.25, 0.3) is 16.5 Å². The van der Waals surface area contributed by atoms with E-state index in [2.05, 4.69) is 17.6 Å². The number of hydrogen-bond donors (Lipinski definition) is 2. The molecule has 0 spiro atoms. The van der Waals surface area contributed by atoms with Crippen molar-refractivity contribution >= 4 is 34.3 Å². The highest BCUT2D eigenvalue weighted by atomic mass is 16.5. The molecule has 1 heterocycles. The van der Waals surface area contributed by atoms with Gasteiger partial charge in [-0.25, -0.2) is 9.48 Å². The number of esters is 1. The zero-order chi connectivity index (χ0) is 26.2. The van der Waals surface area contributed by atoms with Gasteiger partial charge in [-0.3, -0.25) is 10.1 Å². The molecule has 0 fully saturated rings. The van der Waals surface area contributed by atoms with Gasteiger partial charge in [-0.1, -0.05) is 68.8 Å². The highest BCUT2D eigenvalue weighted by Crippen LogP contribution is 2.24. The van der Waals surface area contributed by atoms with Gasteiger partial charge >= 0.3 is 12.0 Å². The van der Waals surface area contributed by atoms with Crippen molar-refractivity contribution < 1.29 is 14.3 Å². The van der Waals surface area contributed by atoms with E-state index < -0.39 is 0 Å². The fraction of sp³-hybridized carbons (Fsp3) is 0.300. The maximum atomic E-state index is 13.1. The predicted molar refractivity (Wildman–Crippen MR) is 148 cm³/mol. The number of urea groups is 1. The minimum Gasteiger partial charge on any atom is -0.466 e. The predicted octanol–water partition coefficient (Wildman–Crippen LogP) is 6.75. The van der Waals surface area contributed by atoms with Crippen LogP contribution in [0.2, 0.25) is 0 Å². The molecule has 4 aromatic rings. The van der Waals surface area contributed by atoms with E-state index in [1.54, 1.807) is 4.68 Å². The number of carbonyl (C=O) groups is 2. The zero-order valence-electron chi connectivity index (χ0n) is 21.7. The summed E-state index contributed by atoms with van der Waals surface area (Å²) >= 11 is 0. The van der Waals surface area contributed by atoms with Gasteiger partial charge in [-0.2, -0.15) is 5.10 Å². The Morgan fingerprint density at radius 2 is 1.76 bits per heavy atom. The molecule has 7 nitrogen and oxygen atoms in total. The third kappa shape index (κ3) is 6.55. The first-order valence-corrected chi connectivity index (χ1v) is 12.9. The van der Waals surface area contributed by atoms with Crippen LogP contribution in [-0.2, 0) is 22.4 Å². The SMILES string of the molecule is CCCCc1cc(NC(=O)Nc2cccc3ccccc23)n(-c2cccc(CC(C)C(=O)OCC)c2)n1. The number of aryl methyl sites for hydroxylation is 1. The molecule has 0 saturated carbocycles. The number of anilines is 2. The van der Waals surface area contributed by atoms with E-state index in [0.29, 0.717) is 18.8 Å². The molecular weight excluding hydrogens is 464 g/mol. The summed E-state index contributed by atoms with van der Waals surface area (Å²) < 4.78 is 6.92. The average molecular weight is 499 g/mol. The zero-order valence-corrected chi connectivity index (χ0v) is 21.7. The fourth-order valence-electron chi connectivity index (χ4n) is 4.34. The number of ether oxygens (including phenoxy) is 1. The third-order valence-electron chi connectivity index (χ3n) is 6.21. The van der Waals surface area contributed by atoms with Crippen LogP contribution in [0.15, 0.2) is 72.8 Å². The number of hydrogen-bond acceptors (Lipinski definition) is 4. The second-order valence-corrected chi connectivity index (χ2v) is 9.17. The molecule has 0 aliphatic carbocycles. The normalized spacial score (nSPS) is 11.8. The highest BCUT2D eigenvalue weighted by molar-refractivity contribution is 6.06. The molecule has 0 saturated heterocycles. The number of carbonyl (C=O) groups excluding carboxylic acids is 2. The quantitative estimate of drug-likeness (QED) is 0.237. The highest BCUT2D eigenvalue weighted by Gasteiger charge is 2.17. The molecule has 1 atom stereocenters. The Morgan fingerprint density at radius 1 is 0.973 bits per heavy atom. The summed E-state index contributed by atoms with van der Waals surface area (Å²) in [5, 5.41) is 12.8. The summed E-state index contributed by atoms with van der Waals surface area (Å²) in [6.45, 7) is 6.19. The molecule has 3 aromatic carbocycles. The third-order valence-corrected chi connectivity index (χ3v) is 6.21. The molecule has 37 heavy (non-hydrogen) atoms. The van der Waals surface area contributed by atoms with Crippen molar-refractivity contribution in [3.8, 4) is 5.69 Å². The molecule has 4 rings (SSSR count). The van der Waals surface area contributed by atoms with Crippen molar-refractivity contribution in [2.45, 2.75) is 46.5 Å². The Balaban J connectivity index is 1.58. The first-order chi connectivity index (χ1) is 18.0. The number of nitrogens with one attached hydrogen (secondary N) is 2. The summed E-state index contributed by atoms with van der Waals surface area (Å²) in [6.07, 6.45) is 3.44. The summed E-state index contributed by atoms with van der Waals surface area (Å²) in [6, 6.07) is 23.2. The summed E-state index contributed by atoms with van der Waals surface area (Å²) in [7, 11) is 0. The molecular formula is C30H34N4O3. The van der Waals surface area contributed by atoms with Gasteiger partial charge in [0.25, 0.3) is 0 Å². The number of aromatic nitrogens is 2. The first-order valence-electron chi connectivity index (χ1n) is 12.9. The molecule has 0 aliphatic heterocycles. The minimum absolute atomic E-state index is 0.207. The molecule has 2 amide bonds. The van der Waals surface area contributed by atoms with Crippen LogP contribution >= 0.6 is 0 Å². The van der Waals surface area contributed by atoms with Crippen LogP contribution in [0, 0.1) is 5.92 Å². The second-order valence-electron chi connectivity index (χ2n) is 9.17. The van der Waals surface area contributed by atoms with Gasteiger partial charge in [-0.15, -0.1) is 0 Å². The topological polar surface area (TPSA) is 85.2 Å². The Hall–Kier alpha value is -4.13. The molecule has 0 radical (unpaired) electrons. The van der Waals surface area contributed by atoms with Crippen molar-refractivity contribution in [1.29, 1.82) is 0 Å². The lowest BCUT2D eigenvalue weighted by Crippen LogP contribution is -2.21. The minimum atomic E-state index is -0.341. The monoisotopic (exact) mass is 498 g/mol. The van der Waals surface area contributed by atoms with E-state index in [-0.39, 0.29) is 17.9 Å². The van der Waals surface area contributed by atoms with Crippen molar-refractivity contribution in [3.05, 3.63) is 84.1 Å². The molecule has 0 bridgehead atoms. The largest absolute Gasteiger partial charge is 0.466 e. The summed E-state index contributed by atoms with van der Waals surface area (Å²) in [5.41, 5.74) is 3.46. The Kier molecular flexibility index (Phi) is 8.56. The second kappa shape index (κ2) is 12.2. The standard InChI is InChI=1S/C30H34N4O3/c1-4-6-14-24-20-28(32-30(36)31-27-17-10-13-23-12-7-8-16-26(23)27)34(33-24)25-15-9-11-22(19-25)18-21(3)29(35)37-5-2/h7-13,15-17,19-21H,4-6,14,18H2,1-3H3,(H2,31,32,36). The number of fused-ring (bicyclic) bond motifs is 1. The fourth-order valence-corrected chi connectivity index (χ4v) is 4.34. The van der Waals surface area contributed by atoms with Gasteiger partial charge < -0.3 is 10.1 Å². The first kappa shape index (κ1) is 25.9. The van der Waals surface area contributed by atoms with Crippen LogP contribution in [0.3, 0.4) is 0 Å². The van der Waals surface area contributed by atoms with Gasteiger partial charge in [0.1, 0.15) is 5.82 Å². The molecule has 7 heteroatoms. The van der Waals surface area contributed by atoms with Crippen LogP contribution < -0.4 is 10.6 Å². The number of unbranched alkanes of at least 4 members (excludes halogenated alkanes) is 1.